The average molecular weight is 430 g/mol. The molecule has 0 spiro atoms. The van der Waals surface area contributed by atoms with E-state index in [0.29, 0.717) is 17.1 Å². The third-order valence-electron chi connectivity index (χ3n) is 3.55. The molecule has 2 aromatic rings. The van der Waals surface area contributed by atoms with Crippen LogP contribution in [0.5, 0.6) is 5.75 Å². The molecule has 0 aliphatic carbocycles. The number of amides is 1. The third kappa shape index (κ3) is 6.72. The molecule has 0 radical (unpaired) electrons. The van der Waals surface area contributed by atoms with Gasteiger partial charge >= 0.3 is 10.1 Å². The van der Waals surface area contributed by atoms with Gasteiger partial charge in [-0.15, -0.1) is 0 Å². The van der Waals surface area contributed by atoms with E-state index in [2.05, 4.69) is 0 Å². The van der Waals surface area contributed by atoms with Crippen molar-refractivity contribution in [3.8, 4) is 5.75 Å². The monoisotopic (exact) mass is 429 g/mol. The van der Waals surface area contributed by atoms with Crippen molar-refractivity contribution < 1.29 is 17.4 Å². The molecule has 0 saturated heterocycles. The molecule has 0 aliphatic heterocycles. The minimum absolute atomic E-state index is 0.205. The number of benzene rings is 2. The van der Waals surface area contributed by atoms with Gasteiger partial charge in [-0.25, -0.2) is 0 Å². The number of carbonyl (C=O) groups is 1. The largest absolute Gasteiger partial charge is 0.383 e. The maximum Gasteiger partial charge on any atom is 0.306 e. The van der Waals surface area contributed by atoms with Gasteiger partial charge in [0.05, 0.1) is 16.8 Å². The van der Waals surface area contributed by atoms with Gasteiger partial charge in [-0.05, 0) is 41.8 Å². The number of hydrogen-bond acceptors (Lipinski definition) is 4. The lowest BCUT2D eigenvalue weighted by molar-refractivity contribution is 0.0722. The first kappa shape index (κ1) is 21.5. The fraction of sp³-hybridized carbons (Fsp3) is 0.316. The van der Waals surface area contributed by atoms with Crippen molar-refractivity contribution in [1.29, 1.82) is 0 Å². The second-order valence-corrected chi connectivity index (χ2v) is 9.06. The molecule has 1 amide bonds. The second-order valence-electron chi connectivity index (χ2n) is 6.64. The van der Waals surface area contributed by atoms with Crippen LogP contribution >= 0.6 is 23.2 Å². The third-order valence-corrected chi connectivity index (χ3v) is 4.60. The van der Waals surface area contributed by atoms with Crippen LogP contribution in [0.4, 0.5) is 0 Å². The standard InChI is InChI=1S/C19H21Cl2NO4S/c1-13(2)11-22(19(23)17-8-7-15(20)10-18(17)21)12-14-5-4-6-16(9-14)26-27(3,24)25/h4-10,13H,11-12H2,1-3H3. The highest BCUT2D eigenvalue weighted by molar-refractivity contribution is 7.86. The van der Waals surface area contributed by atoms with Gasteiger partial charge in [0.15, 0.2) is 0 Å². The van der Waals surface area contributed by atoms with Crippen LogP contribution in [0, 0.1) is 5.92 Å². The molecular formula is C19H21Cl2NO4S. The van der Waals surface area contributed by atoms with Crippen LogP contribution in [0.15, 0.2) is 42.5 Å². The molecule has 0 heterocycles. The zero-order valence-electron chi connectivity index (χ0n) is 15.3. The van der Waals surface area contributed by atoms with Gasteiger partial charge in [-0.1, -0.05) is 49.2 Å². The SMILES string of the molecule is CC(C)CN(Cc1cccc(OS(C)(=O)=O)c1)C(=O)c1ccc(Cl)cc1Cl. The van der Waals surface area contributed by atoms with E-state index in [1.807, 2.05) is 13.8 Å². The van der Waals surface area contributed by atoms with E-state index in [1.54, 1.807) is 41.3 Å². The van der Waals surface area contributed by atoms with Crippen molar-refractivity contribution in [3.63, 3.8) is 0 Å². The van der Waals surface area contributed by atoms with Crippen LogP contribution in [-0.2, 0) is 16.7 Å². The van der Waals surface area contributed by atoms with E-state index in [0.717, 1.165) is 11.8 Å². The Balaban J connectivity index is 2.29. The van der Waals surface area contributed by atoms with Crippen LogP contribution in [0.25, 0.3) is 0 Å². The van der Waals surface area contributed by atoms with E-state index in [9.17, 15) is 13.2 Å². The van der Waals surface area contributed by atoms with Gasteiger partial charge < -0.3 is 9.08 Å². The molecule has 2 rings (SSSR count). The van der Waals surface area contributed by atoms with E-state index in [1.165, 1.54) is 6.07 Å². The van der Waals surface area contributed by atoms with Crippen molar-refractivity contribution in [2.24, 2.45) is 5.92 Å². The average Bonchev–Trinajstić information content (AvgIpc) is 2.52. The number of hydrogen-bond donors (Lipinski definition) is 0. The summed E-state index contributed by atoms with van der Waals surface area (Å²) in [4.78, 5) is 14.7. The van der Waals surface area contributed by atoms with Crippen LogP contribution in [0.1, 0.15) is 29.8 Å². The molecule has 8 heteroatoms. The Bertz CT molecular complexity index is 929. The first-order valence-corrected chi connectivity index (χ1v) is 10.8. The number of nitrogens with zero attached hydrogens (tertiary/aromatic N) is 1. The summed E-state index contributed by atoms with van der Waals surface area (Å²) in [6.07, 6.45) is 0.983. The number of halogens is 2. The van der Waals surface area contributed by atoms with Gasteiger partial charge in [0.2, 0.25) is 0 Å². The Morgan fingerprint density at radius 1 is 1.15 bits per heavy atom. The summed E-state index contributed by atoms with van der Waals surface area (Å²) in [6, 6.07) is 11.4. The smallest absolute Gasteiger partial charge is 0.306 e. The molecule has 0 fully saturated rings. The Morgan fingerprint density at radius 3 is 2.44 bits per heavy atom. The quantitative estimate of drug-likeness (QED) is 0.601. The molecule has 0 bridgehead atoms. The maximum absolute atomic E-state index is 13.0. The first-order valence-electron chi connectivity index (χ1n) is 8.28. The van der Waals surface area contributed by atoms with Crippen LogP contribution in [-0.4, -0.2) is 32.0 Å². The topological polar surface area (TPSA) is 63.7 Å². The maximum atomic E-state index is 13.0. The van der Waals surface area contributed by atoms with Crippen molar-refractivity contribution in [2.45, 2.75) is 20.4 Å². The van der Waals surface area contributed by atoms with E-state index in [4.69, 9.17) is 27.4 Å². The second kappa shape index (κ2) is 8.95. The van der Waals surface area contributed by atoms with Gasteiger partial charge in [0.1, 0.15) is 5.75 Å². The van der Waals surface area contributed by atoms with E-state index >= 15 is 0 Å². The zero-order chi connectivity index (χ0) is 20.2. The fourth-order valence-corrected chi connectivity index (χ4v) is 3.53. The Kier molecular flexibility index (Phi) is 7.14. The predicted molar refractivity (Wildman–Crippen MR) is 108 cm³/mol. The molecule has 0 atom stereocenters. The molecule has 0 N–H and O–H groups in total. The van der Waals surface area contributed by atoms with Crippen molar-refractivity contribution in [3.05, 3.63) is 63.6 Å². The molecule has 0 unspecified atom stereocenters. The lowest BCUT2D eigenvalue weighted by Crippen LogP contribution is -2.34. The van der Waals surface area contributed by atoms with Crippen molar-refractivity contribution in [2.75, 3.05) is 12.8 Å². The normalized spacial score (nSPS) is 11.5. The molecule has 0 saturated carbocycles. The Morgan fingerprint density at radius 2 is 1.85 bits per heavy atom. The molecule has 0 aliphatic rings. The van der Waals surface area contributed by atoms with Crippen LogP contribution in [0.2, 0.25) is 10.0 Å². The van der Waals surface area contributed by atoms with Crippen LogP contribution < -0.4 is 4.18 Å². The van der Waals surface area contributed by atoms with E-state index in [-0.39, 0.29) is 29.1 Å². The molecule has 5 nitrogen and oxygen atoms in total. The zero-order valence-corrected chi connectivity index (χ0v) is 17.6. The molecule has 146 valence electrons. The lowest BCUT2D eigenvalue weighted by atomic mass is 10.1. The molecule has 0 aromatic heterocycles. The molecule has 2 aromatic carbocycles. The van der Waals surface area contributed by atoms with Crippen molar-refractivity contribution in [1.82, 2.24) is 4.90 Å². The number of carbonyl (C=O) groups excluding carboxylic acids is 1. The Labute approximate surface area is 170 Å². The van der Waals surface area contributed by atoms with Crippen molar-refractivity contribution >= 4 is 39.2 Å². The summed E-state index contributed by atoms with van der Waals surface area (Å²) in [7, 11) is -3.62. The molecule has 27 heavy (non-hydrogen) atoms. The van der Waals surface area contributed by atoms with Gasteiger partial charge in [-0.3, -0.25) is 4.79 Å². The minimum Gasteiger partial charge on any atom is -0.383 e. The first-order chi connectivity index (χ1) is 12.5. The lowest BCUT2D eigenvalue weighted by Gasteiger charge is -2.25. The van der Waals surface area contributed by atoms with Gasteiger partial charge in [0, 0.05) is 18.1 Å². The summed E-state index contributed by atoms with van der Waals surface area (Å²) in [5.41, 5.74) is 1.11. The number of rotatable bonds is 7. The highest BCUT2D eigenvalue weighted by atomic mass is 35.5. The van der Waals surface area contributed by atoms with Crippen LogP contribution in [0.3, 0.4) is 0 Å². The predicted octanol–water partition coefficient (Wildman–Crippen LogP) is 4.63. The fourth-order valence-electron chi connectivity index (χ4n) is 2.58. The van der Waals surface area contributed by atoms with Gasteiger partial charge in [-0.2, -0.15) is 8.42 Å². The summed E-state index contributed by atoms with van der Waals surface area (Å²) in [6.45, 7) is 4.81. The van der Waals surface area contributed by atoms with Gasteiger partial charge in [0.25, 0.3) is 5.91 Å². The summed E-state index contributed by atoms with van der Waals surface area (Å²) in [5.74, 6) is 0.215. The van der Waals surface area contributed by atoms with E-state index < -0.39 is 10.1 Å². The Hall–Kier alpha value is -1.76. The molecular weight excluding hydrogens is 409 g/mol. The summed E-state index contributed by atoms with van der Waals surface area (Å²) < 4.78 is 27.6. The summed E-state index contributed by atoms with van der Waals surface area (Å²) in [5, 5.41) is 0.744. The summed E-state index contributed by atoms with van der Waals surface area (Å²) >= 11 is 12.1. The highest BCUT2D eigenvalue weighted by Gasteiger charge is 2.20. The minimum atomic E-state index is -3.62. The highest BCUT2D eigenvalue weighted by Crippen LogP contribution is 2.24.